The zero-order valence-corrected chi connectivity index (χ0v) is 10.3. The molecule has 0 aliphatic rings. The Morgan fingerprint density at radius 2 is 2.11 bits per heavy atom. The lowest BCUT2D eigenvalue weighted by molar-refractivity contribution is 0.0752. The molecule has 0 aliphatic carbocycles. The second kappa shape index (κ2) is 6.10. The molecule has 1 atom stereocenters. The molecule has 0 aliphatic heterocycles. The Kier molecular flexibility index (Phi) is 4.78. The zero-order valence-electron chi connectivity index (χ0n) is 10.3. The van der Waals surface area contributed by atoms with Gasteiger partial charge in [-0.1, -0.05) is 0 Å². The average Bonchev–Trinajstić information content (AvgIpc) is 2.38. The number of hydrogen-bond donors (Lipinski definition) is 0. The van der Waals surface area contributed by atoms with Crippen LogP contribution in [-0.4, -0.2) is 23.9 Å². The lowest BCUT2D eigenvalue weighted by atomic mass is 10.1. The van der Waals surface area contributed by atoms with Gasteiger partial charge < -0.3 is 4.90 Å². The second-order valence-electron chi connectivity index (χ2n) is 4.00. The molecule has 0 fully saturated rings. The van der Waals surface area contributed by atoms with Gasteiger partial charge in [-0.05, 0) is 32.0 Å². The molecule has 1 amide bonds. The fourth-order valence-electron chi connectivity index (χ4n) is 1.54. The van der Waals surface area contributed by atoms with E-state index in [2.05, 4.69) is 0 Å². The van der Waals surface area contributed by atoms with Crippen molar-refractivity contribution >= 4 is 5.91 Å². The highest BCUT2D eigenvalue weighted by Gasteiger charge is 2.17. The number of nitrogens with zero attached hydrogens (tertiary/aromatic N) is 2. The summed E-state index contributed by atoms with van der Waals surface area (Å²) < 4.78 is 25.8. The molecule has 0 radical (unpaired) electrons. The minimum Gasteiger partial charge on any atom is -0.338 e. The number of rotatable bonds is 4. The average molecular weight is 252 g/mol. The summed E-state index contributed by atoms with van der Waals surface area (Å²) in [4.78, 5) is 13.4. The molecule has 0 bridgehead atoms. The molecule has 5 heteroatoms. The summed E-state index contributed by atoms with van der Waals surface area (Å²) in [5, 5.41) is 8.71. The van der Waals surface area contributed by atoms with Gasteiger partial charge in [0, 0.05) is 18.7 Å². The van der Waals surface area contributed by atoms with Crippen LogP contribution < -0.4 is 0 Å². The van der Waals surface area contributed by atoms with Crippen LogP contribution in [0, 0.1) is 28.9 Å². The number of halogens is 2. The van der Waals surface area contributed by atoms with E-state index in [-0.39, 0.29) is 18.0 Å². The summed E-state index contributed by atoms with van der Waals surface area (Å²) in [6.45, 7) is 4.14. The molecule has 0 spiro atoms. The van der Waals surface area contributed by atoms with Crippen molar-refractivity contribution in [1.82, 2.24) is 4.90 Å². The van der Waals surface area contributed by atoms with E-state index >= 15 is 0 Å². The summed E-state index contributed by atoms with van der Waals surface area (Å²) in [5.41, 5.74) is 0.0842. The normalized spacial score (nSPS) is 11.7. The van der Waals surface area contributed by atoms with Crippen LogP contribution in [0.1, 0.15) is 24.2 Å². The van der Waals surface area contributed by atoms with Gasteiger partial charge in [-0.2, -0.15) is 5.26 Å². The molecule has 18 heavy (non-hydrogen) atoms. The van der Waals surface area contributed by atoms with E-state index in [1.165, 1.54) is 11.0 Å². The fourth-order valence-corrected chi connectivity index (χ4v) is 1.54. The van der Waals surface area contributed by atoms with E-state index in [4.69, 9.17) is 5.26 Å². The Morgan fingerprint density at radius 1 is 1.44 bits per heavy atom. The lowest BCUT2D eigenvalue weighted by Crippen LogP contribution is -2.34. The van der Waals surface area contributed by atoms with Gasteiger partial charge in [0.2, 0.25) is 0 Å². The minimum atomic E-state index is -1.05. The molecule has 1 aromatic rings. The highest BCUT2D eigenvalue weighted by molar-refractivity contribution is 5.94. The molecule has 1 aromatic carbocycles. The predicted molar refractivity (Wildman–Crippen MR) is 62.7 cm³/mol. The largest absolute Gasteiger partial charge is 0.338 e. The first kappa shape index (κ1) is 14.1. The predicted octanol–water partition coefficient (Wildman–Crippen LogP) is 2.59. The monoisotopic (exact) mass is 252 g/mol. The molecular weight excluding hydrogens is 238 g/mol. The molecule has 0 saturated heterocycles. The highest BCUT2D eigenvalue weighted by atomic mass is 19.2. The van der Waals surface area contributed by atoms with Crippen molar-refractivity contribution in [3.63, 3.8) is 0 Å². The summed E-state index contributed by atoms with van der Waals surface area (Å²) in [5.74, 6) is -2.75. The van der Waals surface area contributed by atoms with Gasteiger partial charge in [0.25, 0.3) is 5.91 Å². The first-order valence-corrected chi connectivity index (χ1v) is 5.63. The lowest BCUT2D eigenvalue weighted by Gasteiger charge is -2.22. The molecular formula is C13H14F2N2O. The third-order valence-corrected chi connectivity index (χ3v) is 2.55. The first-order chi connectivity index (χ1) is 8.49. The van der Waals surface area contributed by atoms with Gasteiger partial charge in [-0.25, -0.2) is 8.78 Å². The van der Waals surface area contributed by atoms with Gasteiger partial charge in [0.15, 0.2) is 11.6 Å². The highest BCUT2D eigenvalue weighted by Crippen LogP contribution is 2.12. The molecule has 1 rings (SSSR count). The number of carbonyl (C=O) groups excluding carboxylic acids is 1. The van der Waals surface area contributed by atoms with Crippen molar-refractivity contribution < 1.29 is 13.6 Å². The van der Waals surface area contributed by atoms with Crippen LogP contribution in [0.2, 0.25) is 0 Å². The zero-order chi connectivity index (χ0) is 13.7. The number of carbonyl (C=O) groups is 1. The second-order valence-corrected chi connectivity index (χ2v) is 4.00. The number of benzene rings is 1. The maximum atomic E-state index is 13.0. The van der Waals surface area contributed by atoms with Crippen molar-refractivity contribution in [3.8, 4) is 6.07 Å². The number of amides is 1. The summed E-state index contributed by atoms with van der Waals surface area (Å²) in [7, 11) is 0. The summed E-state index contributed by atoms with van der Waals surface area (Å²) in [6.07, 6.45) is 0. The van der Waals surface area contributed by atoms with E-state index in [0.29, 0.717) is 6.54 Å². The number of nitriles is 1. The van der Waals surface area contributed by atoms with Gasteiger partial charge in [-0.15, -0.1) is 0 Å². The maximum Gasteiger partial charge on any atom is 0.253 e. The van der Waals surface area contributed by atoms with Crippen LogP contribution in [0.25, 0.3) is 0 Å². The van der Waals surface area contributed by atoms with Gasteiger partial charge >= 0.3 is 0 Å². The van der Waals surface area contributed by atoms with Crippen LogP contribution in [0.3, 0.4) is 0 Å². The first-order valence-electron chi connectivity index (χ1n) is 5.63. The third-order valence-electron chi connectivity index (χ3n) is 2.55. The van der Waals surface area contributed by atoms with E-state index in [0.717, 1.165) is 12.1 Å². The van der Waals surface area contributed by atoms with E-state index in [1.807, 2.05) is 6.07 Å². The van der Waals surface area contributed by atoms with Crippen molar-refractivity contribution in [3.05, 3.63) is 35.4 Å². The maximum absolute atomic E-state index is 13.0. The van der Waals surface area contributed by atoms with E-state index < -0.39 is 17.5 Å². The molecule has 0 N–H and O–H groups in total. The van der Waals surface area contributed by atoms with Crippen LogP contribution in [0.5, 0.6) is 0 Å². The van der Waals surface area contributed by atoms with Crippen molar-refractivity contribution in [2.75, 3.05) is 13.1 Å². The Morgan fingerprint density at radius 3 is 2.61 bits per heavy atom. The third kappa shape index (κ3) is 3.27. The Labute approximate surface area is 105 Å². The van der Waals surface area contributed by atoms with Crippen molar-refractivity contribution in [2.45, 2.75) is 13.8 Å². The van der Waals surface area contributed by atoms with Crippen molar-refractivity contribution in [1.29, 1.82) is 5.26 Å². The van der Waals surface area contributed by atoms with Crippen LogP contribution in [0.15, 0.2) is 18.2 Å². The molecule has 0 heterocycles. The van der Waals surface area contributed by atoms with Crippen LogP contribution in [-0.2, 0) is 0 Å². The van der Waals surface area contributed by atoms with Crippen LogP contribution >= 0.6 is 0 Å². The SMILES string of the molecule is CCN(C[C@@H](C)C#N)C(=O)c1ccc(F)c(F)c1. The molecule has 0 unspecified atom stereocenters. The fraction of sp³-hybridized carbons (Fsp3) is 0.385. The Hall–Kier alpha value is -1.96. The molecule has 3 nitrogen and oxygen atoms in total. The van der Waals surface area contributed by atoms with Crippen LogP contribution in [0.4, 0.5) is 8.78 Å². The molecule has 0 aromatic heterocycles. The number of hydrogen-bond acceptors (Lipinski definition) is 2. The van der Waals surface area contributed by atoms with E-state index in [9.17, 15) is 13.6 Å². The summed E-state index contributed by atoms with van der Waals surface area (Å²) in [6, 6.07) is 5.06. The molecule has 96 valence electrons. The Bertz CT molecular complexity index is 482. The molecule has 0 saturated carbocycles. The quantitative estimate of drug-likeness (QED) is 0.826. The standard InChI is InChI=1S/C13H14F2N2O/c1-3-17(8-9(2)7-16)13(18)10-4-5-11(14)12(15)6-10/h4-6,9H,3,8H2,1-2H3/t9-/m0/s1. The smallest absolute Gasteiger partial charge is 0.253 e. The minimum absolute atomic E-state index is 0.0842. The topological polar surface area (TPSA) is 44.1 Å². The van der Waals surface area contributed by atoms with Gasteiger partial charge in [0.05, 0.1) is 12.0 Å². The van der Waals surface area contributed by atoms with E-state index in [1.54, 1.807) is 13.8 Å². The van der Waals surface area contributed by atoms with Gasteiger partial charge in [0.1, 0.15) is 0 Å². The van der Waals surface area contributed by atoms with Gasteiger partial charge in [-0.3, -0.25) is 4.79 Å². The van der Waals surface area contributed by atoms with Crippen molar-refractivity contribution in [2.24, 2.45) is 5.92 Å². The Balaban J connectivity index is 2.90. The summed E-state index contributed by atoms with van der Waals surface area (Å²) >= 11 is 0.